The molecule has 4 saturated heterocycles. The number of benzene rings is 4. The lowest BCUT2D eigenvalue weighted by molar-refractivity contribution is -0.329. The zero-order chi connectivity index (χ0) is 40.8. The van der Waals surface area contributed by atoms with Gasteiger partial charge in [0.15, 0.2) is 24.2 Å². The first kappa shape index (κ1) is 41.9. The fourth-order valence-corrected chi connectivity index (χ4v) is 8.19. The van der Waals surface area contributed by atoms with Gasteiger partial charge in [0.2, 0.25) is 0 Å². The molecule has 0 aliphatic carbocycles. The third-order valence-electron chi connectivity index (χ3n) is 10.9. The zero-order valence-corrected chi connectivity index (χ0v) is 34.4. The van der Waals surface area contributed by atoms with Gasteiger partial charge in [-0.2, -0.15) is 0 Å². The number of hydrogen-bond donors (Lipinski definition) is 0. The van der Waals surface area contributed by atoms with Gasteiger partial charge in [-0.3, -0.25) is 0 Å². The van der Waals surface area contributed by atoms with Crippen molar-refractivity contribution in [2.75, 3.05) is 7.11 Å². The molecule has 4 aromatic carbocycles. The Morgan fingerprint density at radius 1 is 0.525 bits per heavy atom. The second-order valence-corrected chi connectivity index (χ2v) is 16.3. The van der Waals surface area contributed by atoms with Gasteiger partial charge in [-0.1, -0.05) is 133 Å². The summed E-state index contributed by atoms with van der Waals surface area (Å²) < 4.78 is 72.4. The van der Waals surface area contributed by atoms with Gasteiger partial charge >= 0.3 is 0 Å². The van der Waals surface area contributed by atoms with Crippen LogP contribution in [0.3, 0.4) is 0 Å². The summed E-state index contributed by atoms with van der Waals surface area (Å²) in [4.78, 5) is 0. The molecule has 0 aromatic heterocycles. The van der Waals surface area contributed by atoms with Crippen molar-refractivity contribution in [2.24, 2.45) is 0 Å². The molecule has 11 heteroatoms. The first-order chi connectivity index (χ1) is 28.6. The summed E-state index contributed by atoms with van der Waals surface area (Å²) in [6.07, 6.45) is -2.96. The van der Waals surface area contributed by atoms with Gasteiger partial charge < -0.3 is 52.1 Å². The van der Waals surface area contributed by atoms with Gasteiger partial charge in [0.1, 0.15) is 54.9 Å². The van der Waals surface area contributed by atoms with Crippen LogP contribution in [-0.4, -0.2) is 86.2 Å². The minimum Gasteiger partial charge on any atom is -0.368 e. The number of rotatable bonds is 16. The average Bonchev–Trinajstić information content (AvgIpc) is 3.76. The molecule has 0 saturated carbocycles. The molecule has 4 aliphatic rings. The first-order valence-corrected chi connectivity index (χ1v) is 20.5. The van der Waals surface area contributed by atoms with E-state index in [0.29, 0.717) is 26.4 Å². The number of fused-ring (bicyclic) bond motifs is 3. The van der Waals surface area contributed by atoms with Crippen LogP contribution in [0.25, 0.3) is 0 Å². The second-order valence-electron chi connectivity index (χ2n) is 16.3. The fourth-order valence-electron chi connectivity index (χ4n) is 8.19. The third-order valence-corrected chi connectivity index (χ3v) is 10.9. The van der Waals surface area contributed by atoms with Crippen molar-refractivity contribution in [3.05, 3.63) is 156 Å². The topological polar surface area (TPSA) is 102 Å². The molecular formula is C48H56O11. The second kappa shape index (κ2) is 18.8. The maximum Gasteiger partial charge on any atom is 0.190 e. The molecule has 0 N–H and O–H groups in total. The Morgan fingerprint density at radius 2 is 0.983 bits per heavy atom. The van der Waals surface area contributed by atoms with Crippen LogP contribution in [0.1, 0.15) is 49.9 Å². The lowest BCUT2D eigenvalue weighted by atomic mass is 9.92. The van der Waals surface area contributed by atoms with Gasteiger partial charge in [0.25, 0.3) is 0 Å². The summed E-state index contributed by atoms with van der Waals surface area (Å²) >= 11 is 0. The van der Waals surface area contributed by atoms with Gasteiger partial charge in [0.05, 0.1) is 26.4 Å². The van der Waals surface area contributed by atoms with Crippen molar-refractivity contribution in [2.45, 2.75) is 133 Å². The van der Waals surface area contributed by atoms with E-state index >= 15 is 0 Å². The molecule has 0 radical (unpaired) electrons. The van der Waals surface area contributed by atoms with E-state index in [1.807, 2.05) is 161 Å². The highest BCUT2D eigenvalue weighted by Gasteiger charge is 2.60. The van der Waals surface area contributed by atoms with Crippen LogP contribution in [0.2, 0.25) is 0 Å². The molecule has 0 unspecified atom stereocenters. The largest absolute Gasteiger partial charge is 0.368 e. The summed E-state index contributed by atoms with van der Waals surface area (Å²) in [5.41, 5.74) is 4.02. The molecule has 4 heterocycles. The normalized spacial score (nSPS) is 31.5. The van der Waals surface area contributed by atoms with Crippen LogP contribution >= 0.6 is 0 Å². The third kappa shape index (κ3) is 10.4. The number of ether oxygens (including phenoxy) is 11. The Bertz CT molecular complexity index is 1910. The summed E-state index contributed by atoms with van der Waals surface area (Å²) in [5, 5.41) is 0. The van der Waals surface area contributed by atoms with Crippen molar-refractivity contribution in [3.63, 3.8) is 0 Å². The smallest absolute Gasteiger partial charge is 0.190 e. The maximum absolute atomic E-state index is 6.96. The van der Waals surface area contributed by atoms with E-state index in [4.69, 9.17) is 52.1 Å². The molecule has 11 atom stereocenters. The lowest BCUT2D eigenvalue weighted by Crippen LogP contribution is -2.63. The van der Waals surface area contributed by atoms with E-state index in [1.54, 1.807) is 7.11 Å². The van der Waals surface area contributed by atoms with Gasteiger partial charge in [0, 0.05) is 7.11 Å². The molecule has 0 amide bonds. The molecule has 314 valence electrons. The maximum atomic E-state index is 6.96. The van der Waals surface area contributed by atoms with E-state index in [1.165, 1.54) is 0 Å². The average molecular weight is 809 g/mol. The Labute approximate surface area is 347 Å². The fraction of sp³-hybridized carbons (Fsp3) is 0.458. The van der Waals surface area contributed by atoms with Crippen LogP contribution < -0.4 is 0 Å². The highest BCUT2D eigenvalue weighted by Crippen LogP contribution is 2.44. The van der Waals surface area contributed by atoms with Gasteiger partial charge in [-0.25, -0.2) is 0 Å². The molecule has 8 rings (SSSR count). The standard InChI is InChI=1S/C48H56O11/c1-47(2)56-39-37(54-46-44(42(39)57-47)58-48(3,4)59-46)27-26-36(50-28-32-18-10-6-11-19-32)38-40(51-29-33-20-12-7-13-21-33)41(52-30-34-22-14-8-15-23-34)43(45(49-5)55-38)53-31-35-24-16-9-17-25-35/h6-27,36-46H,28-31H2,1-5H3/b27-26+/t36-,37-,38-,39+,40-,41+,42+,43-,44-,45+,46-/m1/s1. The summed E-state index contributed by atoms with van der Waals surface area (Å²) in [7, 11) is 1.62. The Hall–Kier alpha value is -3.82. The van der Waals surface area contributed by atoms with E-state index in [0.717, 1.165) is 22.3 Å². The molecule has 4 aromatic rings. The summed E-state index contributed by atoms with van der Waals surface area (Å²) in [6, 6.07) is 40.2. The SMILES string of the molecule is CO[C@H]1O[C@H]([C@@H](/C=C/[C@H]2O[C@@H]3OC(C)(C)O[C@@H]3[C@H]3OC(C)(C)O[C@H]32)OCc2ccccc2)[C@@H](OCc2ccccc2)[C@H](OCc2ccccc2)[C@H]1OCc1ccccc1. The molecule has 0 bridgehead atoms. The predicted molar refractivity (Wildman–Crippen MR) is 217 cm³/mol. The van der Waals surface area contributed by atoms with E-state index in [2.05, 4.69) is 0 Å². The molecule has 11 nitrogen and oxygen atoms in total. The Morgan fingerprint density at radius 3 is 1.53 bits per heavy atom. The number of methoxy groups -OCH3 is 1. The highest BCUT2D eigenvalue weighted by molar-refractivity contribution is 5.18. The molecule has 0 spiro atoms. The predicted octanol–water partition coefficient (Wildman–Crippen LogP) is 7.65. The monoisotopic (exact) mass is 808 g/mol. The van der Waals surface area contributed by atoms with Crippen LogP contribution in [-0.2, 0) is 78.5 Å². The molecule has 4 fully saturated rings. The lowest BCUT2D eigenvalue weighted by Gasteiger charge is -2.47. The van der Waals surface area contributed by atoms with E-state index in [9.17, 15) is 0 Å². The minimum absolute atomic E-state index is 0.292. The van der Waals surface area contributed by atoms with Crippen molar-refractivity contribution in [3.8, 4) is 0 Å². The van der Waals surface area contributed by atoms with Crippen molar-refractivity contribution < 1.29 is 52.1 Å². The Kier molecular flexibility index (Phi) is 13.4. The summed E-state index contributed by atoms with van der Waals surface area (Å²) in [5.74, 6) is -1.70. The van der Waals surface area contributed by atoms with Crippen LogP contribution in [0, 0.1) is 0 Å². The zero-order valence-electron chi connectivity index (χ0n) is 34.4. The van der Waals surface area contributed by atoms with Crippen LogP contribution in [0.15, 0.2) is 133 Å². The minimum atomic E-state index is -0.856. The van der Waals surface area contributed by atoms with Gasteiger partial charge in [-0.15, -0.1) is 0 Å². The van der Waals surface area contributed by atoms with E-state index in [-0.39, 0.29) is 0 Å². The first-order valence-electron chi connectivity index (χ1n) is 20.5. The van der Waals surface area contributed by atoms with Crippen LogP contribution in [0.4, 0.5) is 0 Å². The van der Waals surface area contributed by atoms with Crippen molar-refractivity contribution in [1.82, 2.24) is 0 Å². The van der Waals surface area contributed by atoms with Crippen LogP contribution in [0.5, 0.6) is 0 Å². The van der Waals surface area contributed by atoms with E-state index < -0.39 is 79.1 Å². The van der Waals surface area contributed by atoms with Gasteiger partial charge in [-0.05, 0) is 49.9 Å². The molecule has 4 aliphatic heterocycles. The number of hydrogen-bond acceptors (Lipinski definition) is 11. The molecule has 59 heavy (non-hydrogen) atoms. The molecular weight excluding hydrogens is 753 g/mol. The van der Waals surface area contributed by atoms with Crippen molar-refractivity contribution >= 4 is 0 Å². The highest BCUT2D eigenvalue weighted by atomic mass is 16.9. The Balaban J connectivity index is 1.15. The van der Waals surface area contributed by atoms with Crippen molar-refractivity contribution in [1.29, 1.82) is 0 Å². The summed E-state index contributed by atoms with van der Waals surface area (Å²) in [6.45, 7) is 8.75. The quantitative estimate of drug-likeness (QED) is 0.104.